The van der Waals surface area contributed by atoms with Gasteiger partial charge in [0.2, 0.25) is 0 Å². The number of nitrogens with one attached hydrogen (secondary N) is 1. The number of aryl methyl sites for hydroxylation is 1. The minimum atomic E-state index is -0.431. The van der Waals surface area contributed by atoms with Gasteiger partial charge in [0.25, 0.3) is 11.8 Å². The average molecular weight is 461 g/mol. The molecule has 2 amide bonds. The van der Waals surface area contributed by atoms with Gasteiger partial charge in [0.05, 0.1) is 18.4 Å². The fraction of sp³-hybridized carbons (Fsp3) is 0.185. The van der Waals surface area contributed by atoms with E-state index < -0.39 is 11.8 Å². The molecule has 1 heterocycles. The third-order valence-electron chi connectivity index (χ3n) is 5.71. The molecular weight excluding hydrogens is 436 g/mol. The lowest BCUT2D eigenvalue weighted by molar-refractivity contribution is -0.120. The van der Waals surface area contributed by atoms with Gasteiger partial charge in [-0.15, -0.1) is 0 Å². The van der Waals surface area contributed by atoms with E-state index >= 15 is 0 Å². The molecule has 168 valence electrons. The summed E-state index contributed by atoms with van der Waals surface area (Å²) in [5.41, 5.74) is 4.15. The van der Waals surface area contributed by atoms with Crippen LogP contribution in [-0.2, 0) is 9.59 Å². The summed E-state index contributed by atoms with van der Waals surface area (Å²) in [5.74, 6) is 0.0498. The molecule has 0 fully saturated rings. The lowest BCUT2D eigenvalue weighted by Crippen LogP contribution is -2.33. The molecule has 0 saturated heterocycles. The van der Waals surface area contributed by atoms with E-state index in [1.807, 2.05) is 43.3 Å². The van der Waals surface area contributed by atoms with E-state index in [4.69, 9.17) is 16.3 Å². The van der Waals surface area contributed by atoms with Crippen molar-refractivity contribution in [2.24, 2.45) is 0 Å². The highest BCUT2D eigenvalue weighted by molar-refractivity contribution is 6.46. The largest absolute Gasteiger partial charge is 0.496 e. The Hall–Kier alpha value is -3.57. The molecule has 0 spiro atoms. The van der Waals surface area contributed by atoms with Crippen LogP contribution in [0.1, 0.15) is 36.5 Å². The number of carbonyl (C=O) groups excluding carboxylic acids is 2. The molecule has 6 heteroatoms. The molecular formula is C27H25ClN2O3. The fourth-order valence-electron chi connectivity index (χ4n) is 3.93. The first kappa shape index (κ1) is 22.6. The van der Waals surface area contributed by atoms with Crippen molar-refractivity contribution in [2.75, 3.05) is 17.3 Å². The topological polar surface area (TPSA) is 58.6 Å². The van der Waals surface area contributed by atoms with Gasteiger partial charge in [-0.1, -0.05) is 55.8 Å². The Balaban J connectivity index is 1.84. The lowest BCUT2D eigenvalue weighted by Gasteiger charge is -2.18. The fourth-order valence-corrected chi connectivity index (χ4v) is 4.16. The van der Waals surface area contributed by atoms with Gasteiger partial charge < -0.3 is 10.1 Å². The number of hydrogen-bond acceptors (Lipinski definition) is 4. The second-order valence-electron chi connectivity index (χ2n) is 8.23. The molecule has 3 aromatic carbocycles. The molecule has 0 radical (unpaired) electrons. The maximum absolute atomic E-state index is 13.7. The molecule has 5 nitrogen and oxygen atoms in total. The van der Waals surface area contributed by atoms with Crippen LogP contribution in [0, 0.1) is 6.92 Å². The molecule has 0 unspecified atom stereocenters. The Morgan fingerprint density at radius 3 is 2.27 bits per heavy atom. The maximum atomic E-state index is 13.7. The minimum absolute atomic E-state index is 0.205. The predicted octanol–water partition coefficient (Wildman–Crippen LogP) is 6.18. The van der Waals surface area contributed by atoms with Crippen molar-refractivity contribution in [2.45, 2.75) is 26.7 Å². The zero-order valence-electron chi connectivity index (χ0n) is 19.0. The van der Waals surface area contributed by atoms with Crippen molar-refractivity contribution >= 4 is 40.4 Å². The van der Waals surface area contributed by atoms with Gasteiger partial charge in [0.15, 0.2) is 0 Å². The molecule has 33 heavy (non-hydrogen) atoms. The number of rotatable bonds is 6. The molecule has 4 rings (SSSR count). The number of anilines is 2. The van der Waals surface area contributed by atoms with Gasteiger partial charge in [-0.3, -0.25) is 9.59 Å². The van der Waals surface area contributed by atoms with Crippen molar-refractivity contribution in [3.63, 3.8) is 0 Å². The van der Waals surface area contributed by atoms with E-state index in [1.54, 1.807) is 37.4 Å². The molecule has 0 atom stereocenters. The second-order valence-corrected chi connectivity index (χ2v) is 8.66. The van der Waals surface area contributed by atoms with Crippen LogP contribution >= 0.6 is 11.6 Å². The monoisotopic (exact) mass is 460 g/mol. The average Bonchev–Trinajstić information content (AvgIpc) is 3.03. The number of hydrogen-bond donors (Lipinski definition) is 1. The number of ether oxygens (including phenoxy) is 1. The zero-order chi connectivity index (χ0) is 23.7. The number of para-hydroxylation sites is 1. The highest BCUT2D eigenvalue weighted by Gasteiger charge is 2.41. The molecule has 1 aliphatic rings. The Labute approximate surface area is 198 Å². The van der Waals surface area contributed by atoms with Gasteiger partial charge in [-0.25, -0.2) is 4.90 Å². The van der Waals surface area contributed by atoms with Crippen molar-refractivity contribution < 1.29 is 14.3 Å². The van der Waals surface area contributed by atoms with Crippen molar-refractivity contribution in [1.29, 1.82) is 0 Å². The number of nitrogens with zero attached hydrogens (tertiary/aromatic N) is 1. The normalized spacial score (nSPS) is 13.8. The highest BCUT2D eigenvalue weighted by atomic mass is 35.5. The van der Waals surface area contributed by atoms with E-state index in [2.05, 4.69) is 19.2 Å². The van der Waals surface area contributed by atoms with Crippen LogP contribution in [0.25, 0.3) is 5.57 Å². The molecule has 0 aromatic heterocycles. The molecule has 3 aromatic rings. The number of benzene rings is 3. The first-order valence-electron chi connectivity index (χ1n) is 10.7. The zero-order valence-corrected chi connectivity index (χ0v) is 19.7. The van der Waals surface area contributed by atoms with Gasteiger partial charge in [0.1, 0.15) is 11.4 Å². The first-order chi connectivity index (χ1) is 15.8. The predicted molar refractivity (Wildman–Crippen MR) is 133 cm³/mol. The maximum Gasteiger partial charge on any atom is 0.282 e. The first-order valence-corrected chi connectivity index (χ1v) is 11.1. The molecule has 0 saturated carbocycles. The molecule has 0 bridgehead atoms. The summed E-state index contributed by atoms with van der Waals surface area (Å²) in [7, 11) is 1.54. The number of carbonyl (C=O) groups is 2. The Morgan fingerprint density at radius 2 is 1.64 bits per heavy atom. The minimum Gasteiger partial charge on any atom is -0.496 e. The SMILES string of the molecule is COc1ccccc1C1=C(Nc2ccc(C(C)C)cc2)C(=O)N(c2ccc(Cl)cc2C)C1=O. The number of methoxy groups -OCH3 is 1. The van der Waals surface area contributed by atoms with E-state index in [-0.39, 0.29) is 11.3 Å². The quantitative estimate of drug-likeness (QED) is 0.446. The van der Waals surface area contributed by atoms with Crippen LogP contribution in [0.3, 0.4) is 0 Å². The van der Waals surface area contributed by atoms with Gasteiger partial charge in [-0.05, 0) is 60.4 Å². The molecule has 1 N–H and O–H groups in total. The summed E-state index contributed by atoms with van der Waals surface area (Å²) in [6.45, 7) is 6.06. The number of imide groups is 1. The standard InChI is InChI=1S/C27H25ClN2O3/c1-16(2)18-9-12-20(13-10-18)29-25-24(21-7-5-6-8-23(21)33-4)26(31)30(27(25)32)22-14-11-19(28)15-17(22)3/h5-16,29H,1-4H3. The lowest BCUT2D eigenvalue weighted by atomic mass is 10.0. The van der Waals surface area contributed by atoms with Gasteiger partial charge in [0, 0.05) is 16.3 Å². The number of amides is 2. The Morgan fingerprint density at radius 1 is 0.939 bits per heavy atom. The van der Waals surface area contributed by atoms with Crippen LogP contribution in [0.2, 0.25) is 5.02 Å². The smallest absolute Gasteiger partial charge is 0.282 e. The summed E-state index contributed by atoms with van der Waals surface area (Å²) in [4.78, 5) is 28.5. The summed E-state index contributed by atoms with van der Waals surface area (Å²) < 4.78 is 5.50. The van der Waals surface area contributed by atoms with Crippen LogP contribution in [0.5, 0.6) is 5.75 Å². The van der Waals surface area contributed by atoms with E-state index in [9.17, 15) is 9.59 Å². The van der Waals surface area contributed by atoms with Crippen LogP contribution < -0.4 is 15.0 Å². The van der Waals surface area contributed by atoms with Crippen molar-refractivity contribution in [3.8, 4) is 5.75 Å². The van der Waals surface area contributed by atoms with Crippen LogP contribution in [0.15, 0.2) is 72.4 Å². The third-order valence-corrected chi connectivity index (χ3v) is 5.94. The van der Waals surface area contributed by atoms with E-state index in [0.717, 1.165) is 11.3 Å². The van der Waals surface area contributed by atoms with Crippen molar-refractivity contribution in [3.05, 3.63) is 94.1 Å². The van der Waals surface area contributed by atoms with Crippen LogP contribution in [-0.4, -0.2) is 18.9 Å². The van der Waals surface area contributed by atoms with Crippen LogP contribution in [0.4, 0.5) is 11.4 Å². The summed E-state index contributed by atoms with van der Waals surface area (Å²) in [6.07, 6.45) is 0. The van der Waals surface area contributed by atoms with Gasteiger partial charge in [-0.2, -0.15) is 0 Å². The summed E-state index contributed by atoms with van der Waals surface area (Å²) in [6, 6.07) is 20.1. The van der Waals surface area contributed by atoms with E-state index in [1.165, 1.54) is 10.5 Å². The summed E-state index contributed by atoms with van der Waals surface area (Å²) >= 11 is 6.10. The molecule has 0 aliphatic carbocycles. The third kappa shape index (κ3) is 4.24. The Kier molecular flexibility index (Phi) is 6.25. The second kappa shape index (κ2) is 9.12. The summed E-state index contributed by atoms with van der Waals surface area (Å²) in [5, 5.41) is 3.74. The molecule has 1 aliphatic heterocycles. The van der Waals surface area contributed by atoms with Gasteiger partial charge >= 0.3 is 0 Å². The highest BCUT2D eigenvalue weighted by Crippen LogP contribution is 2.38. The van der Waals surface area contributed by atoms with Crippen molar-refractivity contribution in [1.82, 2.24) is 0 Å². The Bertz CT molecular complexity index is 1260. The van der Waals surface area contributed by atoms with E-state index in [0.29, 0.717) is 27.9 Å². The number of halogens is 1.